The van der Waals surface area contributed by atoms with E-state index in [9.17, 15) is 14.0 Å². The number of nitrogens with one attached hydrogen (secondary N) is 2. The van der Waals surface area contributed by atoms with Gasteiger partial charge in [-0.1, -0.05) is 32.9 Å². The van der Waals surface area contributed by atoms with Gasteiger partial charge >= 0.3 is 0 Å². The first-order valence-corrected chi connectivity index (χ1v) is 12.8. The molecule has 0 spiro atoms. The van der Waals surface area contributed by atoms with Crippen molar-refractivity contribution < 1.29 is 14.0 Å². The molecule has 0 aliphatic heterocycles. The fourth-order valence-electron chi connectivity index (χ4n) is 5.14. The molecule has 0 aliphatic carbocycles. The van der Waals surface area contributed by atoms with Crippen molar-refractivity contribution in [3.63, 3.8) is 0 Å². The maximum Gasteiger partial charge on any atom is 0.255 e. The van der Waals surface area contributed by atoms with Gasteiger partial charge in [0.25, 0.3) is 5.91 Å². The van der Waals surface area contributed by atoms with Gasteiger partial charge in [0.15, 0.2) is 0 Å². The van der Waals surface area contributed by atoms with Gasteiger partial charge in [-0.15, -0.1) is 0 Å². The molecule has 0 aliphatic rings. The second kappa shape index (κ2) is 10.4. The highest BCUT2D eigenvalue weighted by Crippen LogP contribution is 2.27. The molecular weight excluding hydrogens is 479 g/mol. The Bertz CT molecular complexity index is 1460. The molecule has 4 rings (SSSR count). The van der Waals surface area contributed by atoms with Crippen LogP contribution in [0.15, 0.2) is 66.7 Å². The van der Waals surface area contributed by atoms with E-state index in [0.29, 0.717) is 11.3 Å². The second-order valence-corrected chi connectivity index (χ2v) is 11.7. The Hall–Kier alpha value is -4.00. The summed E-state index contributed by atoms with van der Waals surface area (Å²) in [7, 11) is 0. The number of halogens is 1. The van der Waals surface area contributed by atoms with Crippen LogP contribution in [-0.4, -0.2) is 26.9 Å². The van der Waals surface area contributed by atoms with Crippen molar-refractivity contribution in [3.05, 3.63) is 89.5 Å². The van der Waals surface area contributed by atoms with Crippen LogP contribution in [0.3, 0.4) is 0 Å². The van der Waals surface area contributed by atoms with Crippen molar-refractivity contribution in [1.82, 2.24) is 14.9 Å². The average Bonchev–Trinajstić information content (AvgIpc) is 3.13. The highest BCUT2D eigenvalue weighted by Gasteiger charge is 2.27. The first-order valence-electron chi connectivity index (χ1n) is 12.8. The molecule has 0 saturated heterocycles. The van der Waals surface area contributed by atoms with E-state index in [0.717, 1.165) is 34.5 Å². The molecule has 0 saturated carbocycles. The van der Waals surface area contributed by atoms with Gasteiger partial charge in [-0.3, -0.25) is 14.2 Å². The number of aromatic nitrogens is 2. The fourth-order valence-corrected chi connectivity index (χ4v) is 5.14. The lowest BCUT2D eigenvalue weighted by Gasteiger charge is -2.33. The zero-order valence-electron chi connectivity index (χ0n) is 22.9. The molecule has 2 N–H and O–H groups in total. The molecule has 4 aromatic rings. The van der Waals surface area contributed by atoms with Crippen molar-refractivity contribution >= 4 is 28.5 Å². The van der Waals surface area contributed by atoms with Gasteiger partial charge < -0.3 is 10.6 Å². The summed E-state index contributed by atoms with van der Waals surface area (Å²) in [5, 5.41) is 6.05. The zero-order valence-corrected chi connectivity index (χ0v) is 22.9. The number of carbonyl (C=O) groups excluding carboxylic acids is 2. The largest absolute Gasteiger partial charge is 0.351 e. The van der Waals surface area contributed by atoms with Crippen molar-refractivity contribution in [2.24, 2.45) is 5.41 Å². The molecule has 7 heteroatoms. The highest BCUT2D eigenvalue weighted by atomic mass is 19.1. The molecule has 198 valence electrons. The van der Waals surface area contributed by atoms with Gasteiger partial charge in [-0.05, 0) is 92.8 Å². The Kier molecular flexibility index (Phi) is 7.40. The topological polar surface area (TPSA) is 76.0 Å². The van der Waals surface area contributed by atoms with Crippen LogP contribution in [0.25, 0.3) is 16.7 Å². The average molecular weight is 515 g/mol. The number of carbonyl (C=O) groups is 2. The predicted octanol–water partition coefficient (Wildman–Crippen LogP) is 6.60. The van der Waals surface area contributed by atoms with Crippen LogP contribution < -0.4 is 10.6 Å². The zero-order chi connectivity index (χ0) is 27.7. The summed E-state index contributed by atoms with van der Waals surface area (Å²) in [5.41, 5.74) is 4.07. The maximum atomic E-state index is 13.4. The van der Waals surface area contributed by atoms with E-state index in [1.807, 2.05) is 37.5 Å². The van der Waals surface area contributed by atoms with Crippen LogP contribution in [0.1, 0.15) is 62.8 Å². The number of benzene rings is 3. The SMILES string of the molecule is Cc1nc2ccc(C(=O)Nc3ccc(CC(=O)NC(C)(C)CC(C)(C)C)cc3)cc2n1-c1ccc(F)cc1. The number of imidazole rings is 1. The highest BCUT2D eigenvalue weighted by molar-refractivity contribution is 6.06. The van der Waals surface area contributed by atoms with E-state index in [4.69, 9.17) is 0 Å². The van der Waals surface area contributed by atoms with Crippen LogP contribution >= 0.6 is 0 Å². The molecule has 0 fully saturated rings. The van der Waals surface area contributed by atoms with E-state index in [1.54, 1.807) is 42.5 Å². The predicted molar refractivity (Wildman–Crippen MR) is 150 cm³/mol. The van der Waals surface area contributed by atoms with Crippen molar-refractivity contribution in [1.29, 1.82) is 0 Å². The van der Waals surface area contributed by atoms with Crippen molar-refractivity contribution in [2.75, 3.05) is 5.32 Å². The van der Waals surface area contributed by atoms with Gasteiger partial charge in [0.05, 0.1) is 17.5 Å². The monoisotopic (exact) mass is 514 g/mol. The van der Waals surface area contributed by atoms with Crippen LogP contribution in [0.4, 0.5) is 10.1 Å². The number of aryl methyl sites for hydroxylation is 1. The number of hydrogen-bond acceptors (Lipinski definition) is 3. The molecule has 0 atom stereocenters. The lowest BCUT2D eigenvalue weighted by molar-refractivity contribution is -0.122. The lowest BCUT2D eigenvalue weighted by Crippen LogP contribution is -2.46. The number of nitrogens with zero attached hydrogens (tertiary/aromatic N) is 2. The summed E-state index contributed by atoms with van der Waals surface area (Å²) in [6.45, 7) is 12.4. The van der Waals surface area contributed by atoms with Gasteiger partial charge in [0.2, 0.25) is 5.91 Å². The van der Waals surface area contributed by atoms with E-state index in [-0.39, 0.29) is 35.0 Å². The van der Waals surface area contributed by atoms with Gasteiger partial charge in [-0.25, -0.2) is 9.37 Å². The molecule has 38 heavy (non-hydrogen) atoms. The number of fused-ring (bicyclic) bond motifs is 1. The third-order valence-electron chi connectivity index (χ3n) is 6.20. The summed E-state index contributed by atoms with van der Waals surface area (Å²) in [6, 6.07) is 18.8. The summed E-state index contributed by atoms with van der Waals surface area (Å²) < 4.78 is 15.3. The standard InChI is InChI=1S/C31H35FN4O2/c1-20-33-26-16-9-22(18-27(26)36(20)25-14-10-23(32)11-15-25)29(38)34-24-12-7-21(8-13-24)17-28(37)35-31(5,6)19-30(2,3)4/h7-16,18H,17,19H2,1-6H3,(H,34,38)(H,35,37). The first kappa shape index (κ1) is 27.0. The number of hydrogen-bond donors (Lipinski definition) is 2. The van der Waals surface area contributed by atoms with Crippen LogP contribution in [0.5, 0.6) is 0 Å². The van der Waals surface area contributed by atoms with E-state index >= 15 is 0 Å². The lowest BCUT2D eigenvalue weighted by atomic mass is 9.81. The minimum absolute atomic E-state index is 0.0302. The normalized spacial score (nSPS) is 12.0. The van der Waals surface area contributed by atoms with Gasteiger partial charge in [0.1, 0.15) is 11.6 Å². The number of anilines is 1. The third kappa shape index (κ3) is 6.65. The molecule has 3 aromatic carbocycles. The smallest absolute Gasteiger partial charge is 0.255 e. The van der Waals surface area contributed by atoms with E-state index in [2.05, 4.69) is 36.4 Å². The molecule has 6 nitrogen and oxygen atoms in total. The molecule has 0 unspecified atom stereocenters. The Labute approximate surface area is 223 Å². The van der Waals surface area contributed by atoms with Gasteiger partial charge in [-0.2, -0.15) is 0 Å². The first-order chi connectivity index (χ1) is 17.8. The Morgan fingerprint density at radius 3 is 2.21 bits per heavy atom. The van der Waals surface area contributed by atoms with Crippen LogP contribution in [0.2, 0.25) is 0 Å². The maximum absolute atomic E-state index is 13.4. The van der Waals surface area contributed by atoms with Crippen LogP contribution in [0, 0.1) is 18.2 Å². The third-order valence-corrected chi connectivity index (χ3v) is 6.20. The minimum atomic E-state index is -0.313. The van der Waals surface area contributed by atoms with Gasteiger partial charge in [0, 0.05) is 22.5 Å². The molecule has 1 heterocycles. The molecular formula is C31H35FN4O2. The fraction of sp³-hybridized carbons (Fsp3) is 0.323. The van der Waals surface area contributed by atoms with E-state index < -0.39 is 0 Å². The molecule has 0 bridgehead atoms. The van der Waals surface area contributed by atoms with E-state index in [1.165, 1.54) is 12.1 Å². The summed E-state index contributed by atoms with van der Waals surface area (Å²) in [4.78, 5) is 30.2. The second-order valence-electron chi connectivity index (χ2n) is 11.7. The Morgan fingerprint density at radius 1 is 0.921 bits per heavy atom. The van der Waals surface area contributed by atoms with Crippen LogP contribution in [-0.2, 0) is 11.2 Å². The Balaban J connectivity index is 1.44. The molecule has 2 amide bonds. The molecule has 0 radical (unpaired) electrons. The Morgan fingerprint density at radius 2 is 1.58 bits per heavy atom. The quantitative estimate of drug-likeness (QED) is 0.292. The number of rotatable bonds is 7. The summed E-state index contributed by atoms with van der Waals surface area (Å²) in [6.07, 6.45) is 1.14. The van der Waals surface area contributed by atoms with Crippen molar-refractivity contribution in [3.8, 4) is 5.69 Å². The van der Waals surface area contributed by atoms with Crippen molar-refractivity contribution in [2.45, 2.75) is 59.9 Å². The number of amides is 2. The minimum Gasteiger partial charge on any atom is -0.351 e. The summed E-state index contributed by atoms with van der Waals surface area (Å²) >= 11 is 0. The summed E-state index contributed by atoms with van der Waals surface area (Å²) in [5.74, 6) is 0.140. The molecule has 1 aromatic heterocycles.